The summed E-state index contributed by atoms with van der Waals surface area (Å²) < 4.78 is 5.82. The first-order chi connectivity index (χ1) is 13.5. The number of carbonyl (C=O) groups excluding carboxylic acids is 2. The quantitative estimate of drug-likeness (QED) is 0.471. The zero-order valence-electron chi connectivity index (χ0n) is 14.8. The van der Waals surface area contributed by atoms with Crippen LogP contribution in [0.3, 0.4) is 0 Å². The number of thiophene rings is 1. The summed E-state index contributed by atoms with van der Waals surface area (Å²) in [7, 11) is 0. The van der Waals surface area contributed by atoms with E-state index in [1.165, 1.54) is 22.3 Å². The number of fused-ring (bicyclic) bond motifs is 1. The molecule has 0 fully saturated rings. The van der Waals surface area contributed by atoms with Gasteiger partial charge < -0.3 is 14.6 Å². The first-order valence-electron chi connectivity index (χ1n) is 8.40. The van der Waals surface area contributed by atoms with Gasteiger partial charge in [-0.15, -0.1) is 17.9 Å². The van der Waals surface area contributed by atoms with Crippen molar-refractivity contribution >= 4 is 45.7 Å². The normalized spacial score (nSPS) is 10.6. The maximum absolute atomic E-state index is 12.5. The van der Waals surface area contributed by atoms with Crippen molar-refractivity contribution in [2.24, 2.45) is 0 Å². The molecular formula is C20H17ClN2O4S. The maximum Gasteiger partial charge on any atom is 0.339 e. The second kappa shape index (κ2) is 8.86. The lowest BCUT2D eigenvalue weighted by Gasteiger charge is -2.20. The summed E-state index contributed by atoms with van der Waals surface area (Å²) >= 11 is 7.30. The third-order valence-corrected chi connectivity index (χ3v) is 5.19. The lowest BCUT2D eigenvalue weighted by atomic mass is 10.1. The van der Waals surface area contributed by atoms with Crippen LogP contribution in [0.25, 0.3) is 10.9 Å². The van der Waals surface area contributed by atoms with E-state index in [4.69, 9.17) is 16.3 Å². The number of halogens is 1. The molecule has 2 aromatic heterocycles. The number of H-pyrrole nitrogens is 1. The Hall–Kier alpha value is -2.90. The number of nitrogens with one attached hydrogen (secondary N) is 1. The highest BCUT2D eigenvalue weighted by molar-refractivity contribution is 7.16. The van der Waals surface area contributed by atoms with Gasteiger partial charge in [0, 0.05) is 28.4 Å². The van der Waals surface area contributed by atoms with Gasteiger partial charge in [-0.2, -0.15) is 0 Å². The van der Waals surface area contributed by atoms with Crippen LogP contribution in [0.5, 0.6) is 0 Å². The second-order valence-electron chi connectivity index (χ2n) is 5.94. The Balaban J connectivity index is 1.71. The molecule has 0 atom stereocenters. The standard InChI is InChI=1S/C20H17ClN2O4S/c1-2-9-23(11-13-7-8-17(21)28-13)19(25)12-27-20(26)15-10-18(24)22-16-6-4-3-5-14(15)16/h2-8,10H,1,9,11-12H2,(H,22,24). The van der Waals surface area contributed by atoms with Gasteiger partial charge in [0.1, 0.15) is 0 Å². The number of pyridine rings is 1. The predicted molar refractivity (Wildman–Crippen MR) is 110 cm³/mol. The van der Waals surface area contributed by atoms with Gasteiger partial charge in [-0.25, -0.2) is 4.79 Å². The number of aromatic amines is 1. The number of benzene rings is 1. The molecule has 1 N–H and O–H groups in total. The average Bonchev–Trinajstić information content (AvgIpc) is 3.09. The van der Waals surface area contributed by atoms with Crippen molar-refractivity contribution in [2.45, 2.75) is 6.54 Å². The minimum Gasteiger partial charge on any atom is -0.452 e. The summed E-state index contributed by atoms with van der Waals surface area (Å²) in [5, 5.41) is 0.552. The van der Waals surface area contributed by atoms with Crippen molar-refractivity contribution in [2.75, 3.05) is 13.2 Å². The maximum atomic E-state index is 12.5. The fourth-order valence-electron chi connectivity index (χ4n) is 2.71. The Labute approximate surface area is 170 Å². The number of esters is 1. The van der Waals surface area contributed by atoms with Gasteiger partial charge in [-0.3, -0.25) is 9.59 Å². The number of ether oxygens (including phenoxy) is 1. The third-order valence-electron chi connectivity index (χ3n) is 3.97. The van der Waals surface area contributed by atoms with Crippen LogP contribution in [0.4, 0.5) is 0 Å². The zero-order chi connectivity index (χ0) is 20.1. The molecule has 0 radical (unpaired) electrons. The van der Waals surface area contributed by atoms with Crippen molar-refractivity contribution in [1.29, 1.82) is 0 Å². The van der Waals surface area contributed by atoms with Crippen LogP contribution < -0.4 is 5.56 Å². The predicted octanol–water partition coefficient (Wildman–Crippen LogP) is 3.61. The molecule has 1 aromatic carbocycles. The third kappa shape index (κ3) is 4.68. The molecule has 0 aliphatic heterocycles. The van der Waals surface area contributed by atoms with Gasteiger partial charge in [-0.1, -0.05) is 35.9 Å². The lowest BCUT2D eigenvalue weighted by Crippen LogP contribution is -2.34. The van der Waals surface area contributed by atoms with Gasteiger partial charge in [0.05, 0.1) is 16.4 Å². The molecule has 3 aromatic rings. The molecule has 0 unspecified atom stereocenters. The second-order valence-corrected chi connectivity index (χ2v) is 7.74. The molecule has 144 valence electrons. The van der Waals surface area contributed by atoms with Crippen molar-refractivity contribution in [1.82, 2.24) is 9.88 Å². The van der Waals surface area contributed by atoms with Crippen LogP contribution in [0.1, 0.15) is 15.2 Å². The molecule has 3 rings (SSSR count). The average molecular weight is 417 g/mol. The molecule has 6 nitrogen and oxygen atoms in total. The summed E-state index contributed by atoms with van der Waals surface area (Å²) in [6, 6.07) is 11.7. The van der Waals surface area contributed by atoms with E-state index in [0.29, 0.717) is 28.3 Å². The topological polar surface area (TPSA) is 79.5 Å². The summed E-state index contributed by atoms with van der Waals surface area (Å²) in [6.07, 6.45) is 1.60. The minimum absolute atomic E-state index is 0.118. The van der Waals surface area contributed by atoms with E-state index >= 15 is 0 Å². The smallest absolute Gasteiger partial charge is 0.339 e. The molecular weight excluding hydrogens is 400 g/mol. The van der Waals surface area contributed by atoms with E-state index in [1.807, 2.05) is 6.07 Å². The van der Waals surface area contributed by atoms with Crippen LogP contribution in [-0.4, -0.2) is 34.9 Å². The fraction of sp³-hybridized carbons (Fsp3) is 0.150. The Morgan fingerprint density at radius 1 is 1.25 bits per heavy atom. The van der Waals surface area contributed by atoms with Crippen LogP contribution in [0.2, 0.25) is 4.34 Å². The number of nitrogens with zero attached hydrogens (tertiary/aromatic N) is 1. The molecule has 0 saturated heterocycles. The van der Waals surface area contributed by atoms with Crippen molar-refractivity contribution in [3.63, 3.8) is 0 Å². The number of rotatable bonds is 7. The van der Waals surface area contributed by atoms with Crippen LogP contribution in [0, 0.1) is 0 Å². The number of para-hydroxylation sites is 1. The Morgan fingerprint density at radius 2 is 2.04 bits per heavy atom. The molecule has 0 aliphatic rings. The number of carbonyl (C=O) groups is 2. The molecule has 8 heteroatoms. The highest BCUT2D eigenvalue weighted by Gasteiger charge is 2.18. The van der Waals surface area contributed by atoms with E-state index < -0.39 is 18.1 Å². The summed E-state index contributed by atoms with van der Waals surface area (Å²) in [6.45, 7) is 3.86. The van der Waals surface area contributed by atoms with E-state index in [2.05, 4.69) is 11.6 Å². The molecule has 0 saturated carbocycles. The van der Waals surface area contributed by atoms with Gasteiger partial charge in [-0.05, 0) is 18.2 Å². The molecule has 1 amide bonds. The highest BCUT2D eigenvalue weighted by atomic mass is 35.5. The molecule has 0 bridgehead atoms. The Bertz CT molecular complexity index is 1090. The number of hydrogen-bond donors (Lipinski definition) is 1. The largest absolute Gasteiger partial charge is 0.452 e. The first kappa shape index (κ1) is 19.9. The number of aromatic nitrogens is 1. The fourth-order valence-corrected chi connectivity index (χ4v) is 3.81. The Morgan fingerprint density at radius 3 is 2.75 bits per heavy atom. The zero-order valence-corrected chi connectivity index (χ0v) is 16.4. The van der Waals surface area contributed by atoms with Crippen LogP contribution in [-0.2, 0) is 16.1 Å². The van der Waals surface area contributed by atoms with Gasteiger partial charge >= 0.3 is 5.97 Å². The lowest BCUT2D eigenvalue weighted by molar-refractivity contribution is -0.134. The van der Waals surface area contributed by atoms with Gasteiger partial charge in [0.25, 0.3) is 5.91 Å². The monoisotopic (exact) mass is 416 g/mol. The summed E-state index contributed by atoms with van der Waals surface area (Å²) in [5.41, 5.74) is 0.225. The van der Waals surface area contributed by atoms with Gasteiger partial charge in [0.2, 0.25) is 5.56 Å². The van der Waals surface area contributed by atoms with E-state index in [-0.39, 0.29) is 11.5 Å². The minimum atomic E-state index is -0.728. The Kier molecular flexibility index (Phi) is 6.28. The molecule has 0 aliphatic carbocycles. The molecule has 2 heterocycles. The number of hydrogen-bond acceptors (Lipinski definition) is 5. The van der Waals surface area contributed by atoms with Crippen molar-refractivity contribution in [3.8, 4) is 0 Å². The SMILES string of the molecule is C=CCN(Cc1ccc(Cl)s1)C(=O)COC(=O)c1cc(=O)[nH]c2ccccc12. The molecule has 28 heavy (non-hydrogen) atoms. The van der Waals surface area contributed by atoms with E-state index in [1.54, 1.807) is 36.4 Å². The summed E-state index contributed by atoms with van der Waals surface area (Å²) in [5.74, 6) is -1.10. The van der Waals surface area contributed by atoms with Crippen LogP contribution >= 0.6 is 22.9 Å². The van der Waals surface area contributed by atoms with E-state index in [9.17, 15) is 14.4 Å². The van der Waals surface area contributed by atoms with Crippen molar-refractivity contribution in [3.05, 3.63) is 80.3 Å². The first-order valence-corrected chi connectivity index (χ1v) is 9.59. The molecule has 0 spiro atoms. The summed E-state index contributed by atoms with van der Waals surface area (Å²) in [4.78, 5) is 41.9. The van der Waals surface area contributed by atoms with Gasteiger partial charge in [0.15, 0.2) is 6.61 Å². The highest BCUT2D eigenvalue weighted by Crippen LogP contribution is 2.23. The van der Waals surface area contributed by atoms with E-state index in [0.717, 1.165) is 4.88 Å². The number of amides is 1. The van der Waals surface area contributed by atoms with Crippen molar-refractivity contribution < 1.29 is 14.3 Å². The van der Waals surface area contributed by atoms with Crippen LogP contribution in [0.15, 0.2) is 59.9 Å².